The Labute approximate surface area is 84.0 Å². The Hall–Kier alpha value is -1.06. The normalized spacial score (nSPS) is 21.9. The van der Waals surface area contributed by atoms with Crippen LogP contribution >= 0.6 is 0 Å². The first kappa shape index (κ1) is 9.49. The van der Waals surface area contributed by atoms with Crippen LogP contribution in [0.3, 0.4) is 0 Å². The Morgan fingerprint density at radius 2 is 2.21 bits per heavy atom. The van der Waals surface area contributed by atoms with Gasteiger partial charge in [0.15, 0.2) is 0 Å². The monoisotopic (exact) mass is 193 g/mol. The molecule has 3 heteroatoms. The molecular weight excluding hydrogens is 178 g/mol. The SMILES string of the molecule is c1ccc(OCC2COCCN2)cc1. The van der Waals surface area contributed by atoms with Gasteiger partial charge in [-0.15, -0.1) is 0 Å². The molecule has 0 aliphatic carbocycles. The summed E-state index contributed by atoms with van der Waals surface area (Å²) < 4.78 is 10.9. The number of benzene rings is 1. The number of ether oxygens (including phenoxy) is 2. The van der Waals surface area contributed by atoms with E-state index in [1.54, 1.807) is 0 Å². The summed E-state index contributed by atoms with van der Waals surface area (Å²) in [5, 5.41) is 3.34. The zero-order valence-corrected chi connectivity index (χ0v) is 8.11. The number of para-hydroxylation sites is 1. The molecule has 0 bridgehead atoms. The van der Waals surface area contributed by atoms with E-state index in [0.717, 1.165) is 25.5 Å². The highest BCUT2D eigenvalue weighted by Crippen LogP contribution is 2.08. The lowest BCUT2D eigenvalue weighted by Gasteiger charge is -2.23. The molecule has 1 N–H and O–H groups in total. The van der Waals surface area contributed by atoms with Crippen LogP contribution in [-0.4, -0.2) is 32.4 Å². The van der Waals surface area contributed by atoms with E-state index in [-0.39, 0.29) is 0 Å². The Morgan fingerprint density at radius 1 is 1.36 bits per heavy atom. The van der Waals surface area contributed by atoms with Gasteiger partial charge in [0.1, 0.15) is 12.4 Å². The molecule has 1 heterocycles. The van der Waals surface area contributed by atoms with E-state index in [4.69, 9.17) is 9.47 Å². The van der Waals surface area contributed by atoms with Crippen LogP contribution in [0.25, 0.3) is 0 Å². The minimum Gasteiger partial charge on any atom is -0.492 e. The van der Waals surface area contributed by atoms with Gasteiger partial charge in [-0.05, 0) is 12.1 Å². The third-order valence-corrected chi connectivity index (χ3v) is 2.19. The van der Waals surface area contributed by atoms with Gasteiger partial charge in [-0.2, -0.15) is 0 Å². The van der Waals surface area contributed by atoms with Crippen LogP contribution in [0.1, 0.15) is 0 Å². The fourth-order valence-corrected chi connectivity index (χ4v) is 1.44. The first-order chi connectivity index (χ1) is 6.95. The van der Waals surface area contributed by atoms with Crippen molar-refractivity contribution in [2.45, 2.75) is 6.04 Å². The van der Waals surface area contributed by atoms with Crippen molar-refractivity contribution < 1.29 is 9.47 Å². The molecule has 14 heavy (non-hydrogen) atoms. The van der Waals surface area contributed by atoms with Gasteiger partial charge >= 0.3 is 0 Å². The summed E-state index contributed by atoms with van der Waals surface area (Å²) in [5.41, 5.74) is 0. The lowest BCUT2D eigenvalue weighted by molar-refractivity contribution is 0.0592. The van der Waals surface area contributed by atoms with E-state index >= 15 is 0 Å². The predicted octanol–water partition coefficient (Wildman–Crippen LogP) is 1.05. The van der Waals surface area contributed by atoms with Crippen molar-refractivity contribution in [1.29, 1.82) is 0 Å². The van der Waals surface area contributed by atoms with Gasteiger partial charge in [0.2, 0.25) is 0 Å². The van der Waals surface area contributed by atoms with Crippen molar-refractivity contribution in [2.75, 3.05) is 26.4 Å². The second-order valence-corrected chi connectivity index (χ2v) is 3.35. The molecular formula is C11H15NO2. The molecule has 1 aromatic carbocycles. The van der Waals surface area contributed by atoms with E-state index in [9.17, 15) is 0 Å². The highest BCUT2D eigenvalue weighted by atomic mass is 16.5. The molecule has 0 aromatic heterocycles. The maximum Gasteiger partial charge on any atom is 0.119 e. The van der Waals surface area contributed by atoms with Crippen LogP contribution < -0.4 is 10.1 Å². The Balaban J connectivity index is 1.76. The quantitative estimate of drug-likeness (QED) is 0.778. The summed E-state index contributed by atoms with van der Waals surface area (Å²) in [7, 11) is 0. The smallest absolute Gasteiger partial charge is 0.119 e. The molecule has 76 valence electrons. The first-order valence-corrected chi connectivity index (χ1v) is 4.94. The number of hydrogen-bond acceptors (Lipinski definition) is 3. The second kappa shape index (κ2) is 4.98. The van der Waals surface area contributed by atoms with Crippen LogP contribution in [-0.2, 0) is 4.74 Å². The summed E-state index contributed by atoms with van der Waals surface area (Å²) in [4.78, 5) is 0. The van der Waals surface area contributed by atoms with E-state index in [0.29, 0.717) is 12.6 Å². The van der Waals surface area contributed by atoms with Crippen molar-refractivity contribution in [2.24, 2.45) is 0 Å². The summed E-state index contributed by atoms with van der Waals surface area (Å²) >= 11 is 0. The molecule has 3 nitrogen and oxygen atoms in total. The second-order valence-electron chi connectivity index (χ2n) is 3.35. The van der Waals surface area contributed by atoms with Gasteiger partial charge in [-0.3, -0.25) is 0 Å². The molecule has 1 saturated heterocycles. The topological polar surface area (TPSA) is 30.5 Å². The molecule has 1 aliphatic heterocycles. The van der Waals surface area contributed by atoms with Crippen molar-refractivity contribution in [3.8, 4) is 5.75 Å². The van der Waals surface area contributed by atoms with Crippen LogP contribution in [0.15, 0.2) is 30.3 Å². The van der Waals surface area contributed by atoms with Gasteiger partial charge in [0.25, 0.3) is 0 Å². The lowest BCUT2D eigenvalue weighted by Crippen LogP contribution is -2.44. The number of rotatable bonds is 3. The average molecular weight is 193 g/mol. The van der Waals surface area contributed by atoms with Crippen molar-refractivity contribution in [1.82, 2.24) is 5.32 Å². The summed E-state index contributed by atoms with van der Waals surface area (Å²) in [6.45, 7) is 3.14. The summed E-state index contributed by atoms with van der Waals surface area (Å²) in [5.74, 6) is 0.917. The molecule has 1 atom stereocenters. The molecule has 0 amide bonds. The fourth-order valence-electron chi connectivity index (χ4n) is 1.44. The van der Waals surface area contributed by atoms with Crippen molar-refractivity contribution >= 4 is 0 Å². The first-order valence-electron chi connectivity index (χ1n) is 4.94. The van der Waals surface area contributed by atoms with Gasteiger partial charge < -0.3 is 14.8 Å². The number of hydrogen-bond donors (Lipinski definition) is 1. The highest BCUT2D eigenvalue weighted by Gasteiger charge is 2.12. The lowest BCUT2D eigenvalue weighted by atomic mass is 10.3. The van der Waals surface area contributed by atoms with E-state index in [2.05, 4.69) is 5.32 Å². The Morgan fingerprint density at radius 3 is 2.93 bits per heavy atom. The van der Waals surface area contributed by atoms with Crippen molar-refractivity contribution in [3.05, 3.63) is 30.3 Å². The van der Waals surface area contributed by atoms with Gasteiger partial charge in [0, 0.05) is 6.54 Å². The third kappa shape index (κ3) is 2.72. The highest BCUT2D eigenvalue weighted by molar-refractivity contribution is 5.20. The molecule has 1 fully saturated rings. The molecule has 1 aromatic rings. The van der Waals surface area contributed by atoms with Crippen LogP contribution in [0, 0.1) is 0 Å². The molecule has 0 radical (unpaired) electrons. The van der Waals surface area contributed by atoms with Crippen LogP contribution in [0.2, 0.25) is 0 Å². The molecule has 1 unspecified atom stereocenters. The van der Waals surface area contributed by atoms with E-state index < -0.39 is 0 Å². The summed E-state index contributed by atoms with van der Waals surface area (Å²) in [6.07, 6.45) is 0. The van der Waals surface area contributed by atoms with E-state index in [1.165, 1.54) is 0 Å². The maximum atomic E-state index is 5.60. The fraction of sp³-hybridized carbons (Fsp3) is 0.455. The van der Waals surface area contributed by atoms with Crippen LogP contribution in [0.4, 0.5) is 0 Å². The zero-order valence-electron chi connectivity index (χ0n) is 8.11. The Kier molecular flexibility index (Phi) is 3.38. The van der Waals surface area contributed by atoms with Gasteiger partial charge in [0.05, 0.1) is 19.3 Å². The largest absolute Gasteiger partial charge is 0.492 e. The number of nitrogens with one attached hydrogen (secondary N) is 1. The zero-order chi connectivity index (χ0) is 9.64. The van der Waals surface area contributed by atoms with E-state index in [1.807, 2.05) is 30.3 Å². The van der Waals surface area contributed by atoms with Gasteiger partial charge in [-0.1, -0.05) is 18.2 Å². The van der Waals surface area contributed by atoms with Crippen molar-refractivity contribution in [3.63, 3.8) is 0 Å². The third-order valence-electron chi connectivity index (χ3n) is 2.19. The average Bonchev–Trinajstić information content (AvgIpc) is 2.29. The predicted molar refractivity (Wildman–Crippen MR) is 54.5 cm³/mol. The molecule has 1 aliphatic rings. The standard InChI is InChI=1S/C11H15NO2/c1-2-4-11(5-3-1)14-9-10-8-13-7-6-12-10/h1-5,10,12H,6-9H2. The molecule has 0 spiro atoms. The van der Waals surface area contributed by atoms with Gasteiger partial charge in [-0.25, -0.2) is 0 Å². The Bertz CT molecular complexity index is 257. The maximum absolute atomic E-state index is 5.60. The number of morpholine rings is 1. The minimum atomic E-state index is 0.323. The molecule has 2 rings (SSSR count). The molecule has 0 saturated carbocycles. The minimum absolute atomic E-state index is 0.323. The van der Waals surface area contributed by atoms with Crippen LogP contribution in [0.5, 0.6) is 5.75 Å². The summed E-state index contributed by atoms with van der Waals surface area (Å²) in [6, 6.07) is 10.2.